The number of hydrogen-bond donors (Lipinski definition) is 2. The van der Waals surface area contributed by atoms with Crippen LogP contribution >= 0.6 is 0 Å². The Bertz CT molecular complexity index is 995. The molecule has 0 aliphatic rings. The van der Waals surface area contributed by atoms with Crippen LogP contribution in [-0.2, 0) is 6.54 Å². The minimum Gasteiger partial charge on any atom is -0.459 e. The van der Waals surface area contributed by atoms with Crippen LogP contribution in [-0.4, -0.2) is 14.6 Å². The second kappa shape index (κ2) is 5.40. The largest absolute Gasteiger partial charge is 0.459 e. The van der Waals surface area contributed by atoms with Gasteiger partial charge in [-0.1, -0.05) is 18.2 Å². The molecule has 6 nitrogen and oxygen atoms in total. The molecule has 3 heterocycles. The summed E-state index contributed by atoms with van der Waals surface area (Å²) in [5, 5.41) is 7.26. The van der Waals surface area contributed by atoms with E-state index in [1.807, 2.05) is 37.3 Å². The van der Waals surface area contributed by atoms with Gasteiger partial charge in [0.1, 0.15) is 11.3 Å². The van der Waals surface area contributed by atoms with E-state index >= 15 is 0 Å². The lowest BCUT2D eigenvalue weighted by molar-refractivity contribution is 0.449. The molecule has 1 atom stereocenters. The van der Waals surface area contributed by atoms with Crippen molar-refractivity contribution < 1.29 is 4.42 Å². The van der Waals surface area contributed by atoms with E-state index in [-0.39, 0.29) is 11.6 Å². The van der Waals surface area contributed by atoms with Gasteiger partial charge in [-0.25, -0.2) is 9.50 Å². The first-order chi connectivity index (χ1) is 11.2. The first-order valence-corrected chi connectivity index (χ1v) is 7.48. The second-order valence-corrected chi connectivity index (χ2v) is 5.53. The molecule has 0 radical (unpaired) electrons. The van der Waals surface area contributed by atoms with E-state index in [2.05, 4.69) is 15.4 Å². The highest BCUT2D eigenvalue weighted by atomic mass is 16.3. The van der Waals surface area contributed by atoms with Crippen LogP contribution in [0.25, 0.3) is 16.6 Å². The lowest BCUT2D eigenvalue weighted by Crippen LogP contribution is -2.21. The van der Waals surface area contributed by atoms with E-state index in [1.165, 1.54) is 10.6 Å². The third-order valence-corrected chi connectivity index (χ3v) is 3.89. The summed E-state index contributed by atoms with van der Waals surface area (Å²) >= 11 is 0. The zero-order valence-electron chi connectivity index (χ0n) is 12.6. The molecule has 23 heavy (non-hydrogen) atoms. The summed E-state index contributed by atoms with van der Waals surface area (Å²) in [5.41, 5.74) is 2.08. The van der Waals surface area contributed by atoms with Crippen molar-refractivity contribution in [2.45, 2.75) is 19.5 Å². The quantitative estimate of drug-likeness (QED) is 0.607. The van der Waals surface area contributed by atoms with Crippen LogP contribution in [0, 0.1) is 0 Å². The molecule has 3 aromatic heterocycles. The number of rotatable bonds is 4. The van der Waals surface area contributed by atoms with Crippen LogP contribution in [0.4, 0.5) is 0 Å². The number of aromatic nitrogens is 3. The molecule has 2 N–H and O–H groups in total. The standard InChI is InChI=1S/C17H16N4O2/c1-11(15-8-12-4-2-3-5-14(12)23-15)18-10-13-9-17(22)21-16(20-13)6-7-19-21/h2-9,11,18-19H,10H2,1H3/t11-/m0/s1. The molecule has 0 amide bonds. The Morgan fingerprint density at radius 2 is 2.17 bits per heavy atom. The van der Waals surface area contributed by atoms with Gasteiger partial charge in [0, 0.05) is 30.3 Å². The first kappa shape index (κ1) is 13.8. The lowest BCUT2D eigenvalue weighted by Gasteiger charge is -2.10. The first-order valence-electron chi connectivity index (χ1n) is 7.48. The fourth-order valence-corrected chi connectivity index (χ4v) is 2.64. The van der Waals surface area contributed by atoms with Gasteiger partial charge in [0.25, 0.3) is 5.56 Å². The Hall–Kier alpha value is -2.86. The second-order valence-electron chi connectivity index (χ2n) is 5.53. The number of furan rings is 1. The third kappa shape index (κ3) is 2.53. The van der Waals surface area contributed by atoms with E-state index in [0.29, 0.717) is 17.9 Å². The number of para-hydroxylation sites is 1. The Kier molecular flexibility index (Phi) is 3.24. The maximum absolute atomic E-state index is 11.9. The third-order valence-electron chi connectivity index (χ3n) is 3.89. The summed E-state index contributed by atoms with van der Waals surface area (Å²) in [6.45, 7) is 2.52. The number of benzene rings is 1. The van der Waals surface area contributed by atoms with Crippen LogP contribution in [0.15, 0.2) is 57.9 Å². The number of H-pyrrole nitrogens is 1. The summed E-state index contributed by atoms with van der Waals surface area (Å²) in [4.78, 5) is 16.4. The summed E-state index contributed by atoms with van der Waals surface area (Å²) in [6.07, 6.45) is 1.69. The van der Waals surface area contributed by atoms with Gasteiger partial charge < -0.3 is 9.73 Å². The highest BCUT2D eigenvalue weighted by molar-refractivity contribution is 5.77. The van der Waals surface area contributed by atoms with Crippen LogP contribution in [0.1, 0.15) is 24.4 Å². The van der Waals surface area contributed by atoms with Gasteiger partial charge in [-0.2, -0.15) is 0 Å². The maximum atomic E-state index is 11.9. The van der Waals surface area contributed by atoms with Crippen molar-refractivity contribution in [3.63, 3.8) is 0 Å². The highest BCUT2D eigenvalue weighted by Gasteiger charge is 2.12. The number of nitrogens with zero attached hydrogens (tertiary/aromatic N) is 2. The Morgan fingerprint density at radius 3 is 3.04 bits per heavy atom. The number of fused-ring (bicyclic) bond motifs is 2. The predicted molar refractivity (Wildman–Crippen MR) is 87.3 cm³/mol. The summed E-state index contributed by atoms with van der Waals surface area (Å²) in [7, 11) is 0. The zero-order chi connectivity index (χ0) is 15.8. The highest BCUT2D eigenvalue weighted by Crippen LogP contribution is 2.23. The summed E-state index contributed by atoms with van der Waals surface area (Å²) in [6, 6.07) is 13.3. The molecule has 0 spiro atoms. The fourth-order valence-electron chi connectivity index (χ4n) is 2.64. The van der Waals surface area contributed by atoms with Gasteiger partial charge in [-0.05, 0) is 19.1 Å². The lowest BCUT2D eigenvalue weighted by atomic mass is 10.2. The number of hydrogen-bond acceptors (Lipinski definition) is 4. The van der Waals surface area contributed by atoms with Gasteiger partial charge in [0.05, 0.1) is 11.7 Å². The minimum atomic E-state index is -0.117. The van der Waals surface area contributed by atoms with E-state index in [9.17, 15) is 4.79 Å². The molecular weight excluding hydrogens is 292 g/mol. The molecule has 0 saturated heterocycles. The van der Waals surface area contributed by atoms with Crippen LogP contribution in [0.2, 0.25) is 0 Å². The molecule has 0 aliphatic carbocycles. The van der Waals surface area contributed by atoms with Gasteiger partial charge in [-0.15, -0.1) is 0 Å². The van der Waals surface area contributed by atoms with Gasteiger partial charge in [0.2, 0.25) is 0 Å². The van der Waals surface area contributed by atoms with E-state index in [0.717, 1.165) is 16.7 Å². The Balaban J connectivity index is 1.53. The van der Waals surface area contributed by atoms with Crippen molar-refractivity contribution in [3.05, 3.63) is 70.5 Å². The monoisotopic (exact) mass is 308 g/mol. The van der Waals surface area contributed by atoms with Crippen LogP contribution in [0.5, 0.6) is 0 Å². The van der Waals surface area contributed by atoms with Crippen molar-refractivity contribution in [2.24, 2.45) is 0 Å². The summed E-state index contributed by atoms with van der Waals surface area (Å²) < 4.78 is 7.25. The van der Waals surface area contributed by atoms with Crippen LogP contribution in [0.3, 0.4) is 0 Å². The molecular formula is C17H16N4O2. The molecule has 6 heteroatoms. The Labute approximate surface area is 131 Å². The molecule has 0 bridgehead atoms. The molecule has 1 aromatic carbocycles. The molecule has 4 aromatic rings. The predicted octanol–water partition coefficient (Wildman–Crippen LogP) is 2.62. The summed E-state index contributed by atoms with van der Waals surface area (Å²) in [5.74, 6) is 0.866. The molecule has 0 fully saturated rings. The zero-order valence-corrected chi connectivity index (χ0v) is 12.6. The molecule has 4 rings (SSSR count). The van der Waals surface area contributed by atoms with Gasteiger partial charge in [-0.3, -0.25) is 9.89 Å². The van der Waals surface area contributed by atoms with Crippen LogP contribution < -0.4 is 10.9 Å². The Morgan fingerprint density at radius 1 is 1.30 bits per heavy atom. The smallest absolute Gasteiger partial charge is 0.272 e. The van der Waals surface area contributed by atoms with Crippen molar-refractivity contribution in [3.8, 4) is 0 Å². The van der Waals surface area contributed by atoms with E-state index < -0.39 is 0 Å². The van der Waals surface area contributed by atoms with Crippen molar-refractivity contribution >= 4 is 16.6 Å². The topological polar surface area (TPSA) is 75.3 Å². The van der Waals surface area contributed by atoms with Gasteiger partial charge in [0.15, 0.2) is 5.65 Å². The maximum Gasteiger partial charge on any atom is 0.272 e. The molecule has 0 aliphatic heterocycles. The fraction of sp³-hybridized carbons (Fsp3) is 0.176. The minimum absolute atomic E-state index is 0.0221. The van der Waals surface area contributed by atoms with E-state index in [1.54, 1.807) is 12.3 Å². The normalized spacial score (nSPS) is 12.9. The average Bonchev–Trinajstić information content (AvgIpc) is 3.19. The number of nitrogens with one attached hydrogen (secondary N) is 2. The van der Waals surface area contributed by atoms with Gasteiger partial charge >= 0.3 is 0 Å². The molecule has 116 valence electrons. The van der Waals surface area contributed by atoms with E-state index in [4.69, 9.17) is 4.42 Å². The van der Waals surface area contributed by atoms with Crippen molar-refractivity contribution in [2.75, 3.05) is 0 Å². The average molecular weight is 308 g/mol. The molecule has 0 unspecified atom stereocenters. The van der Waals surface area contributed by atoms with Crippen molar-refractivity contribution in [1.29, 1.82) is 0 Å². The molecule has 0 saturated carbocycles. The number of aromatic amines is 1. The SMILES string of the molecule is C[C@H](NCc1cc(=O)n2[nH]ccc2n1)c1cc2ccccc2o1. The van der Waals surface area contributed by atoms with Crippen molar-refractivity contribution in [1.82, 2.24) is 19.9 Å².